The van der Waals surface area contributed by atoms with Crippen LogP contribution in [0.25, 0.3) is 11.0 Å². The lowest BCUT2D eigenvalue weighted by atomic mass is 10.3. The standard InChI is InChI=1S/C14H19N3O3S2/c1-2-17-13-6-5-11(22(15,18)19)8-12(13)16-14(17)21-9-10-4-3-7-20-10/h5-6,8,10H,2-4,7,9H2,1H3,(H2,15,18,19)/t10-/m0/s1. The highest BCUT2D eigenvalue weighted by Gasteiger charge is 2.19. The van der Waals surface area contributed by atoms with Crippen molar-refractivity contribution < 1.29 is 13.2 Å². The molecular formula is C14H19N3O3S2. The average Bonchev–Trinajstić information content (AvgIpc) is 3.10. The van der Waals surface area contributed by atoms with Gasteiger partial charge in [0.1, 0.15) is 0 Å². The first-order chi connectivity index (χ1) is 10.5. The summed E-state index contributed by atoms with van der Waals surface area (Å²) < 4.78 is 30.6. The zero-order valence-electron chi connectivity index (χ0n) is 12.4. The van der Waals surface area contributed by atoms with E-state index in [0.717, 1.165) is 42.4 Å². The van der Waals surface area contributed by atoms with Crippen LogP contribution >= 0.6 is 11.8 Å². The molecule has 1 atom stereocenters. The SMILES string of the molecule is CCn1c(SC[C@@H]2CCCO2)nc2cc(S(N)(=O)=O)ccc21. The number of nitrogens with two attached hydrogens (primary N) is 1. The molecule has 8 heteroatoms. The van der Waals surface area contributed by atoms with Crippen molar-refractivity contribution >= 4 is 32.8 Å². The van der Waals surface area contributed by atoms with Gasteiger partial charge in [-0.2, -0.15) is 0 Å². The van der Waals surface area contributed by atoms with Crippen LogP contribution in [0.2, 0.25) is 0 Å². The number of nitrogens with zero attached hydrogens (tertiary/aromatic N) is 2. The van der Waals surface area contributed by atoms with E-state index in [4.69, 9.17) is 9.88 Å². The Morgan fingerprint density at radius 2 is 2.32 bits per heavy atom. The van der Waals surface area contributed by atoms with Gasteiger partial charge in [-0.05, 0) is 38.0 Å². The first-order valence-corrected chi connectivity index (χ1v) is 9.79. The third-order valence-electron chi connectivity index (χ3n) is 3.75. The fourth-order valence-electron chi connectivity index (χ4n) is 2.62. The molecule has 1 aliphatic heterocycles. The van der Waals surface area contributed by atoms with E-state index in [2.05, 4.69) is 9.55 Å². The Hall–Kier alpha value is -1.09. The van der Waals surface area contributed by atoms with Crippen LogP contribution in [0, 0.1) is 0 Å². The molecule has 0 aliphatic carbocycles. The van der Waals surface area contributed by atoms with E-state index in [1.54, 1.807) is 17.8 Å². The highest BCUT2D eigenvalue weighted by Crippen LogP contribution is 2.28. The number of hydrogen-bond donors (Lipinski definition) is 1. The number of ether oxygens (including phenoxy) is 1. The zero-order chi connectivity index (χ0) is 15.7. The maximum Gasteiger partial charge on any atom is 0.238 e. The minimum atomic E-state index is -3.71. The monoisotopic (exact) mass is 341 g/mol. The van der Waals surface area contributed by atoms with Gasteiger partial charge in [-0.15, -0.1) is 0 Å². The maximum atomic E-state index is 11.5. The van der Waals surface area contributed by atoms with E-state index >= 15 is 0 Å². The first-order valence-electron chi connectivity index (χ1n) is 7.26. The Kier molecular flexibility index (Phi) is 4.44. The Balaban J connectivity index is 1.92. The van der Waals surface area contributed by atoms with Crippen molar-refractivity contribution in [3.05, 3.63) is 18.2 Å². The Bertz CT molecular complexity index is 780. The van der Waals surface area contributed by atoms with Gasteiger partial charge in [0.05, 0.1) is 22.0 Å². The molecule has 6 nitrogen and oxygen atoms in total. The lowest BCUT2D eigenvalue weighted by Gasteiger charge is -2.09. The van der Waals surface area contributed by atoms with E-state index in [1.807, 2.05) is 6.92 Å². The molecule has 2 N–H and O–H groups in total. The maximum absolute atomic E-state index is 11.5. The second-order valence-corrected chi connectivity index (χ2v) is 7.83. The predicted molar refractivity (Wildman–Crippen MR) is 86.5 cm³/mol. The van der Waals surface area contributed by atoms with Crippen LogP contribution in [0.1, 0.15) is 19.8 Å². The fourth-order valence-corrected chi connectivity index (χ4v) is 4.30. The van der Waals surface area contributed by atoms with Gasteiger partial charge in [0.15, 0.2) is 5.16 Å². The topological polar surface area (TPSA) is 87.2 Å². The molecule has 0 amide bonds. The third-order valence-corrected chi connectivity index (χ3v) is 5.77. The van der Waals surface area contributed by atoms with Crippen molar-refractivity contribution in [3.63, 3.8) is 0 Å². The molecular weight excluding hydrogens is 322 g/mol. The number of thioether (sulfide) groups is 1. The molecule has 0 unspecified atom stereocenters. The molecule has 1 saturated heterocycles. The molecule has 1 aromatic carbocycles. The van der Waals surface area contributed by atoms with Gasteiger partial charge < -0.3 is 9.30 Å². The van der Waals surface area contributed by atoms with Crippen molar-refractivity contribution in [3.8, 4) is 0 Å². The average molecular weight is 341 g/mol. The van der Waals surface area contributed by atoms with E-state index in [9.17, 15) is 8.42 Å². The van der Waals surface area contributed by atoms with Gasteiger partial charge in [0.25, 0.3) is 0 Å². The van der Waals surface area contributed by atoms with Crippen molar-refractivity contribution in [2.45, 2.75) is 42.5 Å². The molecule has 22 heavy (non-hydrogen) atoms. The molecule has 0 radical (unpaired) electrons. The van der Waals surface area contributed by atoms with Crippen molar-refractivity contribution in [2.75, 3.05) is 12.4 Å². The van der Waals surface area contributed by atoms with Crippen LogP contribution in [0.4, 0.5) is 0 Å². The number of imidazole rings is 1. The summed E-state index contributed by atoms with van der Waals surface area (Å²) in [6.45, 7) is 3.66. The van der Waals surface area contributed by atoms with Crippen molar-refractivity contribution in [1.82, 2.24) is 9.55 Å². The van der Waals surface area contributed by atoms with Gasteiger partial charge in [-0.1, -0.05) is 11.8 Å². The van der Waals surface area contributed by atoms with Gasteiger partial charge in [-0.3, -0.25) is 0 Å². The second kappa shape index (κ2) is 6.19. The number of benzene rings is 1. The number of primary sulfonamides is 1. The number of hydrogen-bond acceptors (Lipinski definition) is 5. The molecule has 1 aromatic heterocycles. The fraction of sp³-hybridized carbons (Fsp3) is 0.500. The van der Waals surface area contributed by atoms with Crippen LogP contribution in [0.15, 0.2) is 28.3 Å². The molecule has 1 aliphatic rings. The largest absolute Gasteiger partial charge is 0.377 e. The smallest absolute Gasteiger partial charge is 0.238 e. The summed E-state index contributed by atoms with van der Waals surface area (Å²) >= 11 is 1.65. The molecule has 2 aromatic rings. The second-order valence-electron chi connectivity index (χ2n) is 5.28. The lowest BCUT2D eigenvalue weighted by molar-refractivity contribution is 0.129. The Morgan fingerprint density at radius 1 is 1.50 bits per heavy atom. The quantitative estimate of drug-likeness (QED) is 0.840. The summed E-state index contributed by atoms with van der Waals surface area (Å²) in [6, 6.07) is 4.83. The zero-order valence-corrected chi connectivity index (χ0v) is 14.0. The molecule has 2 heterocycles. The van der Waals surface area contributed by atoms with E-state index in [0.29, 0.717) is 5.52 Å². The molecule has 3 rings (SSSR count). The van der Waals surface area contributed by atoms with E-state index in [1.165, 1.54) is 12.1 Å². The Labute approximate surface area is 134 Å². The predicted octanol–water partition coefficient (Wildman–Crippen LogP) is 1.97. The minimum absolute atomic E-state index is 0.0939. The normalized spacial score (nSPS) is 19.1. The number of rotatable bonds is 5. The van der Waals surface area contributed by atoms with Gasteiger partial charge in [0.2, 0.25) is 10.0 Å². The summed E-state index contributed by atoms with van der Waals surface area (Å²) in [7, 11) is -3.71. The van der Waals surface area contributed by atoms with Crippen LogP contribution in [0.3, 0.4) is 0 Å². The molecule has 120 valence electrons. The third kappa shape index (κ3) is 3.15. The van der Waals surface area contributed by atoms with Crippen LogP contribution < -0.4 is 5.14 Å². The van der Waals surface area contributed by atoms with Crippen molar-refractivity contribution in [2.24, 2.45) is 5.14 Å². The molecule has 1 fully saturated rings. The van der Waals surface area contributed by atoms with Gasteiger partial charge >= 0.3 is 0 Å². The molecule has 0 spiro atoms. The highest BCUT2D eigenvalue weighted by atomic mass is 32.2. The number of aromatic nitrogens is 2. The van der Waals surface area contributed by atoms with Gasteiger partial charge in [-0.25, -0.2) is 18.5 Å². The van der Waals surface area contributed by atoms with Crippen LogP contribution in [0.5, 0.6) is 0 Å². The summed E-state index contributed by atoms with van der Waals surface area (Å²) in [5.41, 5.74) is 1.58. The van der Waals surface area contributed by atoms with E-state index < -0.39 is 10.0 Å². The number of aryl methyl sites for hydroxylation is 1. The summed E-state index contributed by atoms with van der Waals surface area (Å²) in [5.74, 6) is 0.866. The van der Waals surface area contributed by atoms with E-state index in [-0.39, 0.29) is 11.0 Å². The van der Waals surface area contributed by atoms with Crippen molar-refractivity contribution in [1.29, 1.82) is 0 Å². The summed E-state index contributed by atoms with van der Waals surface area (Å²) in [5, 5.41) is 6.07. The number of sulfonamides is 1. The molecule has 0 bridgehead atoms. The van der Waals surface area contributed by atoms with Gasteiger partial charge in [0, 0.05) is 18.9 Å². The minimum Gasteiger partial charge on any atom is -0.377 e. The lowest BCUT2D eigenvalue weighted by Crippen LogP contribution is -2.11. The van der Waals surface area contributed by atoms with Crippen LogP contribution in [-0.4, -0.2) is 36.4 Å². The number of fused-ring (bicyclic) bond motifs is 1. The molecule has 0 saturated carbocycles. The summed E-state index contributed by atoms with van der Waals surface area (Å²) in [4.78, 5) is 4.66. The summed E-state index contributed by atoms with van der Waals surface area (Å²) in [6.07, 6.45) is 2.50. The first kappa shape index (κ1) is 15.8. The Morgan fingerprint density at radius 3 is 2.95 bits per heavy atom. The highest BCUT2D eigenvalue weighted by molar-refractivity contribution is 7.99. The van der Waals surface area contributed by atoms with Crippen LogP contribution in [-0.2, 0) is 21.3 Å².